The Morgan fingerprint density at radius 2 is 1.93 bits per heavy atom. The van der Waals surface area contributed by atoms with E-state index in [1.165, 1.54) is 6.07 Å². The molecule has 0 heterocycles. The Morgan fingerprint density at radius 1 is 1.43 bits per heavy atom. The van der Waals surface area contributed by atoms with Crippen LogP contribution in [0.25, 0.3) is 0 Å². The van der Waals surface area contributed by atoms with Crippen molar-refractivity contribution in [3.63, 3.8) is 0 Å². The zero-order valence-electron chi connectivity index (χ0n) is 7.64. The molecule has 1 aromatic carbocycles. The fourth-order valence-corrected chi connectivity index (χ4v) is 1.16. The first-order chi connectivity index (χ1) is 6.54. The Labute approximate surface area is 93.6 Å². The first kappa shape index (κ1) is 13.4. The highest BCUT2D eigenvalue weighted by atomic mass is 32.1. The summed E-state index contributed by atoms with van der Waals surface area (Å²) in [7, 11) is 0. The molecule has 0 unspecified atom stereocenters. The predicted molar refractivity (Wildman–Crippen MR) is 60.7 cm³/mol. The van der Waals surface area contributed by atoms with E-state index < -0.39 is 5.97 Å². The number of aliphatic hydroxyl groups excluding tert-OH is 1. The van der Waals surface area contributed by atoms with Gasteiger partial charge in [0.25, 0.3) is 0 Å². The third-order valence-electron chi connectivity index (χ3n) is 1.25. The molecule has 3 nitrogen and oxygen atoms in total. The average molecular weight is 232 g/mol. The summed E-state index contributed by atoms with van der Waals surface area (Å²) in [6.45, 7) is 1.93. The molecule has 78 valence electrons. The van der Waals surface area contributed by atoms with Crippen LogP contribution < -0.4 is 0 Å². The first-order valence-corrected chi connectivity index (χ1v) is 4.79. The SMILES string of the molecule is CCO.O=C(O)c1cccc(S)c1S. The number of carboxylic acid groups (broad SMARTS) is 1. The summed E-state index contributed by atoms with van der Waals surface area (Å²) in [4.78, 5) is 11.5. The summed E-state index contributed by atoms with van der Waals surface area (Å²) in [5.74, 6) is -0.981. The van der Waals surface area contributed by atoms with Crippen LogP contribution in [-0.2, 0) is 0 Å². The van der Waals surface area contributed by atoms with E-state index in [0.717, 1.165) is 0 Å². The molecule has 0 amide bonds. The summed E-state index contributed by atoms with van der Waals surface area (Å²) in [6.07, 6.45) is 0. The molecule has 0 aliphatic carbocycles. The van der Waals surface area contributed by atoms with Gasteiger partial charge in [-0.1, -0.05) is 6.07 Å². The van der Waals surface area contributed by atoms with Gasteiger partial charge in [-0.3, -0.25) is 0 Å². The summed E-state index contributed by atoms with van der Waals surface area (Å²) in [6, 6.07) is 4.81. The summed E-state index contributed by atoms with van der Waals surface area (Å²) in [5, 5.41) is 16.2. The number of rotatable bonds is 1. The molecule has 2 N–H and O–H groups in total. The molecule has 5 heteroatoms. The molecule has 0 aromatic heterocycles. The standard InChI is InChI=1S/C7H6O2S2.C2H6O/c8-7(9)4-2-1-3-5(10)6(4)11;1-2-3/h1-3,10-11H,(H,8,9);3H,2H2,1H3. The maximum absolute atomic E-state index is 10.5. The van der Waals surface area contributed by atoms with Crippen molar-refractivity contribution in [1.82, 2.24) is 0 Å². The van der Waals surface area contributed by atoms with E-state index in [2.05, 4.69) is 25.3 Å². The number of aromatic carboxylic acids is 1. The van der Waals surface area contributed by atoms with E-state index in [1.807, 2.05) is 0 Å². The lowest BCUT2D eigenvalue weighted by Crippen LogP contribution is -1.97. The van der Waals surface area contributed by atoms with E-state index in [9.17, 15) is 4.79 Å². The molecule has 0 radical (unpaired) electrons. The fraction of sp³-hybridized carbons (Fsp3) is 0.222. The van der Waals surface area contributed by atoms with Crippen LogP contribution in [0.4, 0.5) is 0 Å². The van der Waals surface area contributed by atoms with Gasteiger partial charge in [-0.2, -0.15) is 0 Å². The van der Waals surface area contributed by atoms with Gasteiger partial charge in [0, 0.05) is 16.4 Å². The zero-order valence-corrected chi connectivity index (χ0v) is 9.43. The molecule has 14 heavy (non-hydrogen) atoms. The maximum Gasteiger partial charge on any atom is 0.336 e. The first-order valence-electron chi connectivity index (χ1n) is 3.89. The minimum absolute atomic E-state index is 0.181. The van der Waals surface area contributed by atoms with Crippen LogP contribution in [0.1, 0.15) is 17.3 Å². The van der Waals surface area contributed by atoms with E-state index in [-0.39, 0.29) is 12.2 Å². The quantitative estimate of drug-likeness (QED) is 0.560. The minimum atomic E-state index is -0.981. The van der Waals surface area contributed by atoms with Crippen molar-refractivity contribution in [1.29, 1.82) is 0 Å². The maximum atomic E-state index is 10.5. The number of benzene rings is 1. The van der Waals surface area contributed by atoms with Gasteiger partial charge in [0.15, 0.2) is 0 Å². The third-order valence-corrected chi connectivity index (χ3v) is 2.28. The van der Waals surface area contributed by atoms with Gasteiger partial charge in [-0.15, -0.1) is 25.3 Å². The molecule has 0 spiro atoms. The van der Waals surface area contributed by atoms with Crippen LogP contribution >= 0.6 is 25.3 Å². The Hall–Kier alpha value is -0.650. The van der Waals surface area contributed by atoms with Gasteiger partial charge in [0.1, 0.15) is 0 Å². The van der Waals surface area contributed by atoms with Crippen molar-refractivity contribution < 1.29 is 15.0 Å². The molecular formula is C9H12O3S2. The van der Waals surface area contributed by atoms with Gasteiger partial charge in [0.05, 0.1) is 5.56 Å². The van der Waals surface area contributed by atoms with Crippen LogP contribution in [0.15, 0.2) is 28.0 Å². The molecule has 0 fully saturated rings. The number of hydrogen-bond acceptors (Lipinski definition) is 4. The topological polar surface area (TPSA) is 57.5 Å². The van der Waals surface area contributed by atoms with E-state index in [0.29, 0.717) is 9.79 Å². The smallest absolute Gasteiger partial charge is 0.336 e. The van der Waals surface area contributed by atoms with E-state index in [4.69, 9.17) is 10.2 Å². The van der Waals surface area contributed by atoms with Crippen molar-refractivity contribution >= 4 is 31.2 Å². The lowest BCUT2D eigenvalue weighted by molar-refractivity contribution is 0.0692. The van der Waals surface area contributed by atoms with Crippen molar-refractivity contribution in [3.05, 3.63) is 23.8 Å². The van der Waals surface area contributed by atoms with Crippen molar-refractivity contribution in [2.75, 3.05) is 6.61 Å². The molecule has 1 rings (SSSR count). The molecule has 0 saturated heterocycles. The molecule has 0 saturated carbocycles. The third kappa shape index (κ3) is 4.04. The lowest BCUT2D eigenvalue weighted by Gasteiger charge is -2.00. The van der Waals surface area contributed by atoms with Gasteiger partial charge in [-0.05, 0) is 19.1 Å². The largest absolute Gasteiger partial charge is 0.478 e. The van der Waals surface area contributed by atoms with Crippen LogP contribution in [-0.4, -0.2) is 22.8 Å². The Morgan fingerprint density at radius 3 is 2.29 bits per heavy atom. The number of aliphatic hydroxyl groups is 1. The average Bonchev–Trinajstić information content (AvgIpc) is 2.10. The van der Waals surface area contributed by atoms with Gasteiger partial charge in [-0.25, -0.2) is 4.79 Å². The Kier molecular flexibility index (Phi) is 6.44. The Balaban J connectivity index is 0.000000500. The highest BCUT2D eigenvalue weighted by Crippen LogP contribution is 2.21. The van der Waals surface area contributed by atoms with Gasteiger partial charge in [0.2, 0.25) is 0 Å². The lowest BCUT2D eigenvalue weighted by atomic mass is 10.2. The minimum Gasteiger partial charge on any atom is -0.478 e. The monoisotopic (exact) mass is 232 g/mol. The summed E-state index contributed by atoms with van der Waals surface area (Å²) in [5.41, 5.74) is 0.181. The van der Waals surface area contributed by atoms with Gasteiger partial charge >= 0.3 is 5.97 Å². The fourth-order valence-electron chi connectivity index (χ4n) is 0.704. The summed E-state index contributed by atoms with van der Waals surface area (Å²) >= 11 is 8.02. The Bertz CT molecular complexity index is 313. The van der Waals surface area contributed by atoms with Crippen LogP contribution in [0.5, 0.6) is 0 Å². The molecule has 0 aliphatic heterocycles. The molecular weight excluding hydrogens is 220 g/mol. The zero-order chi connectivity index (χ0) is 11.1. The van der Waals surface area contributed by atoms with Crippen LogP contribution in [0.2, 0.25) is 0 Å². The number of thiol groups is 2. The molecule has 0 aliphatic rings. The highest BCUT2D eigenvalue weighted by molar-refractivity contribution is 7.83. The second-order valence-electron chi connectivity index (χ2n) is 2.29. The molecule has 1 aromatic rings. The molecule has 0 bridgehead atoms. The van der Waals surface area contributed by atoms with Crippen molar-refractivity contribution in [2.24, 2.45) is 0 Å². The van der Waals surface area contributed by atoms with Crippen LogP contribution in [0, 0.1) is 0 Å². The number of hydrogen-bond donors (Lipinski definition) is 4. The van der Waals surface area contributed by atoms with Crippen molar-refractivity contribution in [2.45, 2.75) is 16.7 Å². The molecule has 0 atom stereocenters. The second kappa shape index (κ2) is 6.75. The second-order valence-corrected chi connectivity index (χ2v) is 3.22. The van der Waals surface area contributed by atoms with Crippen LogP contribution in [0.3, 0.4) is 0 Å². The van der Waals surface area contributed by atoms with E-state index >= 15 is 0 Å². The van der Waals surface area contributed by atoms with E-state index in [1.54, 1.807) is 19.1 Å². The number of carbonyl (C=O) groups is 1. The highest BCUT2D eigenvalue weighted by Gasteiger charge is 2.07. The predicted octanol–water partition coefficient (Wildman–Crippen LogP) is 1.96. The number of carboxylic acids is 1. The summed E-state index contributed by atoms with van der Waals surface area (Å²) < 4.78 is 0. The normalized spacial score (nSPS) is 8.86. The van der Waals surface area contributed by atoms with Gasteiger partial charge < -0.3 is 10.2 Å². The van der Waals surface area contributed by atoms with Crippen molar-refractivity contribution in [3.8, 4) is 0 Å².